The van der Waals surface area contributed by atoms with E-state index in [1.165, 1.54) is 5.56 Å². The van der Waals surface area contributed by atoms with Gasteiger partial charge in [-0.2, -0.15) is 4.98 Å². The summed E-state index contributed by atoms with van der Waals surface area (Å²) in [5.74, 6) is 2.12. The summed E-state index contributed by atoms with van der Waals surface area (Å²) in [6, 6.07) is 10.4. The molecule has 1 aliphatic heterocycles. The second-order valence-corrected chi connectivity index (χ2v) is 6.37. The van der Waals surface area contributed by atoms with Crippen molar-refractivity contribution in [2.45, 2.75) is 39.3 Å². The van der Waals surface area contributed by atoms with Crippen molar-refractivity contribution in [3.05, 3.63) is 53.2 Å². The lowest BCUT2D eigenvalue weighted by Crippen LogP contribution is -2.23. The molecule has 1 atom stereocenters. The number of hydrogen-bond acceptors (Lipinski definition) is 6. The van der Waals surface area contributed by atoms with Gasteiger partial charge in [-0.15, -0.1) is 0 Å². The summed E-state index contributed by atoms with van der Waals surface area (Å²) in [7, 11) is 0. The number of likely N-dealkylation sites (tertiary alicyclic amines) is 1. The molecular formula is C18H20N4O2. The van der Waals surface area contributed by atoms with Crippen molar-refractivity contribution in [3.8, 4) is 11.5 Å². The minimum Gasteiger partial charge on any atom is -0.361 e. The number of aromatic nitrogens is 3. The van der Waals surface area contributed by atoms with Crippen molar-refractivity contribution in [2.24, 2.45) is 0 Å². The zero-order valence-corrected chi connectivity index (χ0v) is 13.9. The number of nitrogens with zero attached hydrogens (tertiary/aromatic N) is 4. The third kappa shape index (κ3) is 2.97. The molecular weight excluding hydrogens is 304 g/mol. The molecule has 3 heterocycles. The van der Waals surface area contributed by atoms with Crippen molar-refractivity contribution < 1.29 is 9.05 Å². The molecule has 4 rings (SSSR count). The van der Waals surface area contributed by atoms with E-state index in [-0.39, 0.29) is 6.04 Å². The van der Waals surface area contributed by atoms with Gasteiger partial charge in [0.1, 0.15) is 11.5 Å². The summed E-state index contributed by atoms with van der Waals surface area (Å²) in [6.07, 6.45) is 2.22. The molecule has 2 aromatic heterocycles. The Morgan fingerprint density at radius 1 is 1.12 bits per heavy atom. The highest BCUT2D eigenvalue weighted by Crippen LogP contribution is 2.32. The second kappa shape index (κ2) is 6.20. The monoisotopic (exact) mass is 324 g/mol. The van der Waals surface area contributed by atoms with Gasteiger partial charge in [-0.25, -0.2) is 0 Å². The van der Waals surface area contributed by atoms with E-state index in [0.717, 1.165) is 36.4 Å². The van der Waals surface area contributed by atoms with Crippen LogP contribution in [0.15, 0.2) is 39.4 Å². The van der Waals surface area contributed by atoms with Gasteiger partial charge in [-0.1, -0.05) is 28.0 Å². The van der Waals surface area contributed by atoms with Gasteiger partial charge >= 0.3 is 0 Å². The average Bonchev–Trinajstić information content (AvgIpc) is 3.30. The van der Waals surface area contributed by atoms with E-state index in [1.807, 2.05) is 37.3 Å². The molecule has 0 aliphatic carbocycles. The first-order valence-corrected chi connectivity index (χ1v) is 8.26. The average molecular weight is 324 g/mol. The lowest BCUT2D eigenvalue weighted by Gasteiger charge is -2.20. The molecule has 0 spiro atoms. The van der Waals surface area contributed by atoms with E-state index in [4.69, 9.17) is 9.05 Å². The maximum atomic E-state index is 5.42. The first-order valence-electron chi connectivity index (χ1n) is 8.26. The van der Waals surface area contributed by atoms with E-state index in [2.05, 4.69) is 27.1 Å². The lowest BCUT2D eigenvalue weighted by molar-refractivity contribution is 0.228. The summed E-state index contributed by atoms with van der Waals surface area (Å²) in [5, 5.41) is 8.31. The summed E-state index contributed by atoms with van der Waals surface area (Å²) >= 11 is 0. The predicted octanol–water partition coefficient (Wildman–Crippen LogP) is 3.68. The second-order valence-electron chi connectivity index (χ2n) is 6.37. The molecule has 24 heavy (non-hydrogen) atoms. The smallest absolute Gasteiger partial charge is 0.257 e. The van der Waals surface area contributed by atoms with Crippen molar-refractivity contribution in [3.63, 3.8) is 0 Å². The molecule has 124 valence electrons. The van der Waals surface area contributed by atoms with Gasteiger partial charge in [0, 0.05) is 11.6 Å². The molecule has 0 saturated carbocycles. The van der Waals surface area contributed by atoms with E-state index in [0.29, 0.717) is 18.3 Å². The van der Waals surface area contributed by atoms with Crippen molar-refractivity contribution in [1.29, 1.82) is 0 Å². The standard InChI is InChI=1S/C18H20N4O2/c1-12-5-7-14(8-6-12)18-19-17(21-24-18)11-22-9-3-4-16(22)15-10-13(2)23-20-15/h5-8,10,16H,3-4,9,11H2,1-2H3. The molecule has 6 nitrogen and oxygen atoms in total. The van der Waals surface area contributed by atoms with Crippen LogP contribution in [0, 0.1) is 13.8 Å². The molecule has 1 fully saturated rings. The molecule has 3 aromatic rings. The number of aryl methyl sites for hydroxylation is 2. The van der Waals surface area contributed by atoms with Gasteiger partial charge in [0.05, 0.1) is 12.6 Å². The summed E-state index contributed by atoms with van der Waals surface area (Å²) in [6.45, 7) is 5.64. The van der Waals surface area contributed by atoms with E-state index in [9.17, 15) is 0 Å². The highest BCUT2D eigenvalue weighted by Gasteiger charge is 2.29. The Morgan fingerprint density at radius 2 is 1.96 bits per heavy atom. The van der Waals surface area contributed by atoms with Crippen LogP contribution in [0.25, 0.3) is 11.5 Å². The minimum absolute atomic E-state index is 0.267. The Bertz CT molecular complexity index is 822. The van der Waals surface area contributed by atoms with Gasteiger partial charge in [0.2, 0.25) is 0 Å². The SMILES string of the molecule is Cc1ccc(-c2nc(CN3CCCC3c3cc(C)on3)no2)cc1. The van der Waals surface area contributed by atoms with Crippen molar-refractivity contribution >= 4 is 0 Å². The molecule has 6 heteroatoms. The third-order valence-electron chi connectivity index (χ3n) is 4.46. The largest absolute Gasteiger partial charge is 0.361 e. The summed E-state index contributed by atoms with van der Waals surface area (Å²) in [4.78, 5) is 6.88. The zero-order chi connectivity index (χ0) is 16.5. The van der Waals surface area contributed by atoms with Gasteiger partial charge in [0.15, 0.2) is 5.82 Å². The minimum atomic E-state index is 0.267. The topological polar surface area (TPSA) is 68.2 Å². The number of benzene rings is 1. The first-order chi connectivity index (χ1) is 11.7. The van der Waals surface area contributed by atoms with Crippen LogP contribution in [0.3, 0.4) is 0 Å². The van der Waals surface area contributed by atoms with Crippen LogP contribution in [-0.4, -0.2) is 26.7 Å². The Morgan fingerprint density at radius 3 is 2.71 bits per heavy atom. The first kappa shape index (κ1) is 15.1. The molecule has 0 radical (unpaired) electrons. The van der Waals surface area contributed by atoms with Gasteiger partial charge in [0.25, 0.3) is 5.89 Å². The highest BCUT2D eigenvalue weighted by atomic mass is 16.5. The maximum Gasteiger partial charge on any atom is 0.257 e. The Labute approximate surface area is 140 Å². The van der Waals surface area contributed by atoms with Crippen LogP contribution in [-0.2, 0) is 6.54 Å². The molecule has 1 aromatic carbocycles. The number of rotatable bonds is 4. The lowest BCUT2D eigenvalue weighted by atomic mass is 10.1. The molecule has 1 unspecified atom stereocenters. The van der Waals surface area contributed by atoms with Crippen LogP contribution < -0.4 is 0 Å². The Kier molecular flexibility index (Phi) is 3.90. The highest BCUT2D eigenvalue weighted by molar-refractivity contribution is 5.53. The Hall–Kier alpha value is -2.47. The summed E-state index contributed by atoms with van der Waals surface area (Å²) in [5.41, 5.74) is 3.15. The third-order valence-corrected chi connectivity index (χ3v) is 4.46. The van der Waals surface area contributed by atoms with E-state index in [1.54, 1.807) is 0 Å². The molecule has 1 saturated heterocycles. The van der Waals surface area contributed by atoms with Crippen LogP contribution >= 0.6 is 0 Å². The van der Waals surface area contributed by atoms with E-state index < -0.39 is 0 Å². The molecule has 1 aliphatic rings. The van der Waals surface area contributed by atoms with Gasteiger partial charge in [-0.3, -0.25) is 4.90 Å². The maximum absolute atomic E-state index is 5.42. The quantitative estimate of drug-likeness (QED) is 0.729. The fraction of sp³-hybridized carbons (Fsp3) is 0.389. The fourth-order valence-electron chi connectivity index (χ4n) is 3.21. The van der Waals surface area contributed by atoms with E-state index >= 15 is 0 Å². The van der Waals surface area contributed by atoms with Crippen LogP contribution in [0.2, 0.25) is 0 Å². The molecule has 0 bridgehead atoms. The van der Waals surface area contributed by atoms with Crippen molar-refractivity contribution in [1.82, 2.24) is 20.2 Å². The number of hydrogen-bond donors (Lipinski definition) is 0. The summed E-state index contributed by atoms with van der Waals surface area (Å²) < 4.78 is 10.6. The Balaban J connectivity index is 1.50. The predicted molar refractivity (Wildman–Crippen MR) is 88.1 cm³/mol. The van der Waals surface area contributed by atoms with Crippen molar-refractivity contribution in [2.75, 3.05) is 6.54 Å². The van der Waals surface area contributed by atoms with Gasteiger partial charge in [-0.05, 0) is 45.4 Å². The molecule has 0 amide bonds. The van der Waals surface area contributed by atoms with Crippen LogP contribution in [0.1, 0.15) is 41.7 Å². The normalized spacial score (nSPS) is 18.3. The van der Waals surface area contributed by atoms with Crippen LogP contribution in [0.5, 0.6) is 0 Å². The zero-order valence-electron chi connectivity index (χ0n) is 13.9. The molecule has 0 N–H and O–H groups in total. The fourth-order valence-corrected chi connectivity index (χ4v) is 3.21. The van der Waals surface area contributed by atoms with Crippen LogP contribution in [0.4, 0.5) is 0 Å². The van der Waals surface area contributed by atoms with Gasteiger partial charge < -0.3 is 9.05 Å².